The van der Waals surface area contributed by atoms with Gasteiger partial charge in [0, 0.05) is 10.3 Å². The molecule has 4 heteroatoms. The quantitative estimate of drug-likeness (QED) is 0.775. The van der Waals surface area contributed by atoms with Gasteiger partial charge < -0.3 is 5.32 Å². The van der Waals surface area contributed by atoms with Crippen molar-refractivity contribution in [3.63, 3.8) is 0 Å². The lowest BCUT2D eigenvalue weighted by Gasteiger charge is -2.15. The molecule has 0 radical (unpaired) electrons. The highest BCUT2D eigenvalue weighted by Gasteiger charge is 2.11. The van der Waals surface area contributed by atoms with E-state index >= 15 is 0 Å². The third-order valence-corrected chi connectivity index (χ3v) is 4.25. The Hall–Kier alpha value is -1.94. The fourth-order valence-corrected chi connectivity index (χ4v) is 2.94. The van der Waals surface area contributed by atoms with Gasteiger partial charge in [0.15, 0.2) is 0 Å². The first-order chi connectivity index (χ1) is 9.25. The normalized spacial score (nSPS) is 12.5. The number of aryl methyl sites for hydroxylation is 1. The highest BCUT2D eigenvalue weighted by atomic mass is 32.1. The lowest BCUT2D eigenvalue weighted by Crippen LogP contribution is -2.07. The summed E-state index contributed by atoms with van der Waals surface area (Å²) in [7, 11) is 0. The molecule has 2 heterocycles. The van der Waals surface area contributed by atoms with Crippen LogP contribution in [0.5, 0.6) is 0 Å². The van der Waals surface area contributed by atoms with Crippen LogP contribution in [0.1, 0.15) is 23.4 Å². The number of hydrogen-bond donors (Lipinski definition) is 1. The molecule has 0 fully saturated rings. The van der Waals surface area contributed by atoms with Crippen LogP contribution in [0.4, 0.5) is 5.82 Å². The summed E-state index contributed by atoms with van der Waals surface area (Å²) in [5.74, 6) is 0.906. The molecule has 0 saturated heterocycles. The molecular formula is C15H15N3S. The molecule has 2 aromatic heterocycles. The zero-order valence-corrected chi connectivity index (χ0v) is 11.7. The molecule has 1 aromatic carbocycles. The molecule has 1 N–H and O–H groups in total. The monoisotopic (exact) mass is 269 g/mol. The summed E-state index contributed by atoms with van der Waals surface area (Å²) in [6, 6.07) is 10.6. The first-order valence-corrected chi connectivity index (χ1v) is 7.14. The number of nitrogens with one attached hydrogen (secondary N) is 1. The van der Waals surface area contributed by atoms with E-state index in [4.69, 9.17) is 0 Å². The van der Waals surface area contributed by atoms with Gasteiger partial charge in [-0.3, -0.25) is 0 Å². The van der Waals surface area contributed by atoms with Crippen molar-refractivity contribution < 1.29 is 0 Å². The molecule has 3 aromatic rings. The largest absolute Gasteiger partial charge is 0.362 e. The predicted octanol–water partition coefficient (Wildman–Crippen LogP) is 4.17. The number of nitrogens with zero attached hydrogens (tertiary/aromatic N) is 2. The van der Waals surface area contributed by atoms with E-state index in [-0.39, 0.29) is 6.04 Å². The lowest BCUT2D eigenvalue weighted by molar-refractivity contribution is 0.897. The molecule has 3 rings (SSSR count). The number of aromatic nitrogens is 2. The van der Waals surface area contributed by atoms with Gasteiger partial charge in [0.05, 0.1) is 11.6 Å². The van der Waals surface area contributed by atoms with Crippen LogP contribution in [0.2, 0.25) is 0 Å². The average molecular weight is 269 g/mol. The highest BCUT2D eigenvalue weighted by Crippen LogP contribution is 2.27. The van der Waals surface area contributed by atoms with E-state index in [1.807, 2.05) is 12.1 Å². The Morgan fingerprint density at radius 2 is 2.05 bits per heavy atom. The van der Waals surface area contributed by atoms with E-state index in [2.05, 4.69) is 52.7 Å². The summed E-state index contributed by atoms with van der Waals surface area (Å²) in [4.78, 5) is 10.0. The third kappa shape index (κ3) is 2.31. The molecule has 0 aliphatic rings. The van der Waals surface area contributed by atoms with Crippen molar-refractivity contribution >= 4 is 28.1 Å². The summed E-state index contributed by atoms with van der Waals surface area (Å²) in [5.41, 5.74) is 2.18. The SMILES string of the molecule is Cc1cccc2ncnc(NC(C)c3cccs3)c12. The van der Waals surface area contributed by atoms with Gasteiger partial charge in [-0.05, 0) is 36.9 Å². The smallest absolute Gasteiger partial charge is 0.138 e. The van der Waals surface area contributed by atoms with E-state index < -0.39 is 0 Å². The van der Waals surface area contributed by atoms with Crippen molar-refractivity contribution in [3.05, 3.63) is 52.5 Å². The van der Waals surface area contributed by atoms with Gasteiger partial charge in [0.2, 0.25) is 0 Å². The van der Waals surface area contributed by atoms with E-state index in [0.29, 0.717) is 0 Å². The second-order valence-corrected chi connectivity index (χ2v) is 5.55. The molecule has 3 nitrogen and oxygen atoms in total. The van der Waals surface area contributed by atoms with Gasteiger partial charge in [0.1, 0.15) is 12.1 Å². The van der Waals surface area contributed by atoms with Crippen LogP contribution in [0.15, 0.2) is 42.0 Å². The minimum Gasteiger partial charge on any atom is -0.362 e. The first-order valence-electron chi connectivity index (χ1n) is 6.26. The van der Waals surface area contributed by atoms with Crippen LogP contribution in [0, 0.1) is 6.92 Å². The van der Waals surface area contributed by atoms with Gasteiger partial charge in [-0.2, -0.15) is 0 Å². The molecule has 0 bridgehead atoms. The Morgan fingerprint density at radius 3 is 2.84 bits per heavy atom. The standard InChI is InChI=1S/C15H15N3S/c1-10-5-3-6-12-14(10)15(17-9-16-12)18-11(2)13-7-4-8-19-13/h3-9,11H,1-2H3,(H,16,17,18). The number of thiophene rings is 1. The minimum absolute atomic E-state index is 0.248. The van der Waals surface area contributed by atoms with Crippen molar-refractivity contribution in [2.24, 2.45) is 0 Å². The minimum atomic E-state index is 0.248. The molecular weight excluding hydrogens is 254 g/mol. The molecule has 1 unspecified atom stereocenters. The average Bonchev–Trinajstić information content (AvgIpc) is 2.93. The molecule has 96 valence electrons. The number of hydrogen-bond acceptors (Lipinski definition) is 4. The molecule has 0 spiro atoms. The Labute approximate surface area is 116 Å². The lowest BCUT2D eigenvalue weighted by atomic mass is 10.1. The molecule has 0 saturated carbocycles. The molecule has 1 atom stereocenters. The summed E-state index contributed by atoms with van der Waals surface area (Å²) < 4.78 is 0. The molecule has 0 aliphatic carbocycles. The van der Waals surface area contributed by atoms with Crippen molar-refractivity contribution in [2.45, 2.75) is 19.9 Å². The van der Waals surface area contributed by atoms with Crippen molar-refractivity contribution in [3.8, 4) is 0 Å². The van der Waals surface area contributed by atoms with Gasteiger partial charge in [-0.1, -0.05) is 18.2 Å². The Bertz CT molecular complexity index is 686. The van der Waals surface area contributed by atoms with E-state index in [1.165, 1.54) is 10.4 Å². The number of anilines is 1. The predicted molar refractivity (Wildman–Crippen MR) is 80.6 cm³/mol. The molecule has 0 amide bonds. The van der Waals surface area contributed by atoms with Crippen LogP contribution in [-0.2, 0) is 0 Å². The van der Waals surface area contributed by atoms with Crippen molar-refractivity contribution in [1.29, 1.82) is 0 Å². The summed E-state index contributed by atoms with van der Waals surface area (Å²) in [5, 5.41) is 6.69. The second-order valence-electron chi connectivity index (χ2n) is 4.57. The van der Waals surface area contributed by atoms with Crippen molar-refractivity contribution in [1.82, 2.24) is 9.97 Å². The van der Waals surface area contributed by atoms with Crippen molar-refractivity contribution in [2.75, 3.05) is 5.32 Å². The Balaban J connectivity index is 2.01. The first kappa shape index (κ1) is 12.1. The van der Waals surface area contributed by atoms with E-state index in [9.17, 15) is 0 Å². The van der Waals surface area contributed by atoms with Crippen LogP contribution < -0.4 is 5.32 Å². The zero-order chi connectivity index (χ0) is 13.2. The maximum absolute atomic E-state index is 4.40. The second kappa shape index (κ2) is 4.97. The Kier molecular flexibility index (Phi) is 3.17. The fraction of sp³-hybridized carbons (Fsp3) is 0.200. The van der Waals surface area contributed by atoms with Gasteiger partial charge in [0.25, 0.3) is 0 Å². The Morgan fingerprint density at radius 1 is 1.16 bits per heavy atom. The van der Waals surface area contributed by atoms with Gasteiger partial charge in [-0.25, -0.2) is 9.97 Å². The number of rotatable bonds is 3. The van der Waals surface area contributed by atoms with Gasteiger partial charge >= 0.3 is 0 Å². The maximum atomic E-state index is 4.40. The van der Waals surface area contributed by atoms with Gasteiger partial charge in [-0.15, -0.1) is 11.3 Å². The van der Waals surface area contributed by atoms with Crippen LogP contribution >= 0.6 is 11.3 Å². The molecule has 19 heavy (non-hydrogen) atoms. The number of benzene rings is 1. The fourth-order valence-electron chi connectivity index (χ4n) is 2.20. The number of fused-ring (bicyclic) bond motifs is 1. The topological polar surface area (TPSA) is 37.8 Å². The highest BCUT2D eigenvalue weighted by molar-refractivity contribution is 7.10. The summed E-state index contributed by atoms with van der Waals surface area (Å²) in [6.07, 6.45) is 1.62. The zero-order valence-electron chi connectivity index (χ0n) is 10.9. The third-order valence-electron chi connectivity index (χ3n) is 3.19. The van der Waals surface area contributed by atoms with Crippen LogP contribution in [0.25, 0.3) is 10.9 Å². The van der Waals surface area contributed by atoms with E-state index in [1.54, 1.807) is 17.7 Å². The summed E-state index contributed by atoms with van der Waals surface area (Å²) >= 11 is 1.75. The summed E-state index contributed by atoms with van der Waals surface area (Å²) in [6.45, 7) is 4.24. The van der Waals surface area contributed by atoms with E-state index in [0.717, 1.165) is 16.7 Å². The van der Waals surface area contributed by atoms with Crippen LogP contribution in [-0.4, -0.2) is 9.97 Å². The van der Waals surface area contributed by atoms with Crippen LogP contribution in [0.3, 0.4) is 0 Å². The maximum Gasteiger partial charge on any atom is 0.138 e. The molecule has 0 aliphatic heterocycles.